The molecule has 0 fully saturated rings. The van der Waals surface area contributed by atoms with E-state index < -0.39 is 0 Å². The number of hydrogen-bond acceptors (Lipinski definition) is 3. The van der Waals surface area contributed by atoms with Gasteiger partial charge in [0.05, 0.1) is 13.2 Å². The maximum Gasteiger partial charge on any atom is 0.164 e. The minimum atomic E-state index is -0.260. The van der Waals surface area contributed by atoms with Gasteiger partial charge < -0.3 is 9.30 Å². The molecule has 0 saturated carbocycles. The van der Waals surface area contributed by atoms with E-state index in [1.807, 2.05) is 10.6 Å². The van der Waals surface area contributed by atoms with Crippen LogP contribution in [0.4, 0.5) is 4.39 Å². The van der Waals surface area contributed by atoms with E-state index in [4.69, 9.17) is 4.74 Å². The van der Waals surface area contributed by atoms with Gasteiger partial charge in [0.2, 0.25) is 0 Å². The van der Waals surface area contributed by atoms with E-state index in [9.17, 15) is 4.39 Å². The van der Waals surface area contributed by atoms with Gasteiger partial charge in [0, 0.05) is 18.5 Å². The summed E-state index contributed by atoms with van der Waals surface area (Å²) in [6.07, 6.45) is 0.752. The summed E-state index contributed by atoms with van der Waals surface area (Å²) < 4.78 is 20.6. The molecule has 4 nitrogen and oxygen atoms in total. The molecule has 0 amide bonds. The minimum absolute atomic E-state index is 0.260. The fourth-order valence-electron chi connectivity index (χ4n) is 2.02. The van der Waals surface area contributed by atoms with Gasteiger partial charge in [-0.1, -0.05) is 12.1 Å². The molecule has 17 heavy (non-hydrogen) atoms. The minimum Gasteiger partial charge on any atom is -0.379 e. The van der Waals surface area contributed by atoms with Crippen LogP contribution >= 0.6 is 0 Å². The maximum absolute atomic E-state index is 13.2. The van der Waals surface area contributed by atoms with Crippen molar-refractivity contribution in [1.82, 2.24) is 14.8 Å². The Kier molecular flexibility index (Phi) is 2.60. The lowest BCUT2D eigenvalue weighted by atomic mass is 10.2. The summed E-state index contributed by atoms with van der Waals surface area (Å²) in [5.74, 6) is 1.36. The Bertz CT molecular complexity index is 538. The van der Waals surface area contributed by atoms with Gasteiger partial charge in [0.25, 0.3) is 0 Å². The van der Waals surface area contributed by atoms with Crippen LogP contribution in [0.15, 0.2) is 24.3 Å². The van der Waals surface area contributed by atoms with Crippen LogP contribution in [0.5, 0.6) is 0 Å². The lowest BCUT2D eigenvalue weighted by Gasteiger charge is -2.06. The molecule has 0 aliphatic carbocycles. The lowest BCUT2D eigenvalue weighted by molar-refractivity contribution is 0.140. The quantitative estimate of drug-likeness (QED) is 0.752. The first kappa shape index (κ1) is 10.4. The van der Waals surface area contributed by atoms with E-state index in [-0.39, 0.29) is 5.82 Å². The summed E-state index contributed by atoms with van der Waals surface area (Å²) >= 11 is 0. The van der Waals surface area contributed by atoms with Gasteiger partial charge in [-0.2, -0.15) is 0 Å². The Morgan fingerprint density at radius 3 is 3.06 bits per heavy atom. The Labute approximate surface area is 98.0 Å². The zero-order valence-electron chi connectivity index (χ0n) is 9.27. The summed E-state index contributed by atoms with van der Waals surface area (Å²) in [7, 11) is 0. The molecule has 1 aromatic carbocycles. The van der Waals surface area contributed by atoms with Crippen molar-refractivity contribution in [2.45, 2.75) is 13.0 Å². The van der Waals surface area contributed by atoms with Gasteiger partial charge in [0.15, 0.2) is 5.82 Å². The molecule has 0 atom stereocenters. The van der Waals surface area contributed by atoms with E-state index in [1.54, 1.807) is 6.07 Å². The van der Waals surface area contributed by atoms with Gasteiger partial charge in [-0.3, -0.25) is 0 Å². The molecule has 1 aliphatic heterocycles. The van der Waals surface area contributed by atoms with E-state index in [0.29, 0.717) is 25.6 Å². The zero-order valence-corrected chi connectivity index (χ0v) is 9.27. The molecule has 0 radical (unpaired) electrons. The third-order valence-corrected chi connectivity index (χ3v) is 2.84. The normalized spacial score (nSPS) is 15.4. The van der Waals surface area contributed by atoms with Crippen LogP contribution in [-0.4, -0.2) is 28.0 Å². The molecule has 0 bridgehead atoms. The van der Waals surface area contributed by atoms with Crippen LogP contribution in [0.1, 0.15) is 5.82 Å². The molecule has 3 rings (SSSR count). The van der Waals surface area contributed by atoms with E-state index in [0.717, 1.165) is 17.8 Å². The Morgan fingerprint density at radius 2 is 2.18 bits per heavy atom. The van der Waals surface area contributed by atoms with Crippen molar-refractivity contribution in [1.29, 1.82) is 0 Å². The van der Waals surface area contributed by atoms with Crippen LogP contribution in [0.2, 0.25) is 0 Å². The highest BCUT2D eigenvalue weighted by Gasteiger charge is 2.16. The van der Waals surface area contributed by atoms with E-state index >= 15 is 0 Å². The second kappa shape index (κ2) is 4.25. The second-order valence-electron chi connectivity index (χ2n) is 3.96. The smallest absolute Gasteiger partial charge is 0.164 e. The molecule has 0 unspecified atom stereocenters. The third kappa shape index (κ3) is 1.93. The van der Waals surface area contributed by atoms with Crippen molar-refractivity contribution in [2.24, 2.45) is 0 Å². The first-order valence-corrected chi connectivity index (χ1v) is 5.60. The number of fused-ring (bicyclic) bond motifs is 1. The topological polar surface area (TPSA) is 39.9 Å². The summed E-state index contributed by atoms with van der Waals surface area (Å²) in [6.45, 7) is 2.03. The molecule has 2 aromatic rings. The largest absolute Gasteiger partial charge is 0.379 e. The van der Waals surface area contributed by atoms with Gasteiger partial charge in [-0.05, 0) is 12.1 Å². The number of aromatic nitrogens is 3. The predicted octanol–water partition coefficient (Wildman–Crippen LogP) is 1.66. The van der Waals surface area contributed by atoms with Crippen LogP contribution in [0.25, 0.3) is 11.4 Å². The molecule has 0 spiro atoms. The Balaban J connectivity index is 2.06. The highest BCUT2D eigenvalue weighted by Crippen LogP contribution is 2.20. The molecular formula is C12H12FN3O. The molecule has 2 heterocycles. The number of rotatable bonds is 1. The average molecular weight is 233 g/mol. The van der Waals surface area contributed by atoms with Crippen LogP contribution in [-0.2, 0) is 17.7 Å². The highest BCUT2D eigenvalue weighted by atomic mass is 19.1. The summed E-state index contributed by atoms with van der Waals surface area (Å²) in [6, 6.07) is 6.42. The molecule has 5 heteroatoms. The van der Waals surface area contributed by atoms with Crippen molar-refractivity contribution in [2.75, 3.05) is 13.2 Å². The number of nitrogens with zero attached hydrogens (tertiary/aromatic N) is 3. The first-order valence-electron chi connectivity index (χ1n) is 5.60. The Morgan fingerprint density at radius 1 is 1.24 bits per heavy atom. The number of benzene rings is 1. The van der Waals surface area contributed by atoms with Crippen molar-refractivity contribution in [3.8, 4) is 11.4 Å². The molecule has 0 N–H and O–H groups in total. The molecule has 1 aliphatic rings. The standard InChI is InChI=1S/C12H12FN3O/c13-10-3-1-2-9(8-10)12-15-14-11-4-6-17-7-5-16(11)12/h1-3,8H,4-7H2. The van der Waals surface area contributed by atoms with Gasteiger partial charge >= 0.3 is 0 Å². The number of halogens is 1. The van der Waals surface area contributed by atoms with Crippen LogP contribution < -0.4 is 0 Å². The highest BCUT2D eigenvalue weighted by molar-refractivity contribution is 5.55. The Hall–Kier alpha value is -1.75. The average Bonchev–Trinajstić information content (AvgIpc) is 2.59. The lowest BCUT2D eigenvalue weighted by Crippen LogP contribution is -2.05. The number of ether oxygens (including phenoxy) is 1. The zero-order chi connectivity index (χ0) is 11.7. The molecular weight excluding hydrogens is 221 g/mol. The van der Waals surface area contributed by atoms with Crippen LogP contribution in [0.3, 0.4) is 0 Å². The fraction of sp³-hybridized carbons (Fsp3) is 0.333. The second-order valence-corrected chi connectivity index (χ2v) is 3.96. The molecule has 0 saturated heterocycles. The predicted molar refractivity (Wildman–Crippen MR) is 59.9 cm³/mol. The van der Waals surface area contributed by atoms with Gasteiger partial charge in [0.1, 0.15) is 11.6 Å². The fourth-order valence-corrected chi connectivity index (χ4v) is 2.02. The SMILES string of the molecule is Fc1cccc(-c2nnc3n2CCOCC3)c1. The third-order valence-electron chi connectivity index (χ3n) is 2.84. The van der Waals surface area contributed by atoms with Crippen molar-refractivity contribution < 1.29 is 9.13 Å². The van der Waals surface area contributed by atoms with Crippen molar-refractivity contribution in [3.63, 3.8) is 0 Å². The van der Waals surface area contributed by atoms with E-state index in [1.165, 1.54) is 12.1 Å². The summed E-state index contributed by atoms with van der Waals surface area (Å²) in [4.78, 5) is 0. The first-order chi connectivity index (χ1) is 8.34. The van der Waals surface area contributed by atoms with Crippen molar-refractivity contribution >= 4 is 0 Å². The number of hydrogen-bond donors (Lipinski definition) is 0. The van der Waals surface area contributed by atoms with Gasteiger partial charge in [-0.15, -0.1) is 10.2 Å². The summed E-state index contributed by atoms with van der Waals surface area (Å²) in [5.41, 5.74) is 0.755. The van der Waals surface area contributed by atoms with Crippen LogP contribution in [0, 0.1) is 5.82 Å². The molecule has 1 aromatic heterocycles. The maximum atomic E-state index is 13.2. The van der Waals surface area contributed by atoms with Crippen molar-refractivity contribution in [3.05, 3.63) is 35.9 Å². The van der Waals surface area contributed by atoms with E-state index in [2.05, 4.69) is 10.2 Å². The summed E-state index contributed by atoms with van der Waals surface area (Å²) in [5, 5.41) is 8.27. The van der Waals surface area contributed by atoms with Gasteiger partial charge in [-0.25, -0.2) is 4.39 Å². The monoisotopic (exact) mass is 233 g/mol. The molecule has 88 valence electrons.